The molecule has 0 aliphatic heterocycles. The summed E-state index contributed by atoms with van der Waals surface area (Å²) in [5.74, 6) is 0.142. The SMILES string of the molecule is O=C(COc1cc(Cl)ccc1Cl)NCC1(CO)CC1. The van der Waals surface area contributed by atoms with Crippen LogP contribution in [0, 0.1) is 5.41 Å². The number of aliphatic hydroxyl groups is 1. The Hall–Kier alpha value is -0.970. The fourth-order valence-electron chi connectivity index (χ4n) is 1.64. The van der Waals surface area contributed by atoms with Crippen LogP contribution in [-0.2, 0) is 4.79 Å². The van der Waals surface area contributed by atoms with E-state index in [-0.39, 0.29) is 24.5 Å². The second kappa shape index (κ2) is 5.99. The van der Waals surface area contributed by atoms with Crippen molar-refractivity contribution in [2.24, 2.45) is 5.41 Å². The summed E-state index contributed by atoms with van der Waals surface area (Å²) in [5, 5.41) is 12.8. The lowest BCUT2D eigenvalue weighted by Crippen LogP contribution is -2.35. The maximum Gasteiger partial charge on any atom is 0.257 e. The highest BCUT2D eigenvalue weighted by atomic mass is 35.5. The molecule has 1 aliphatic rings. The Morgan fingerprint density at radius 3 is 2.79 bits per heavy atom. The van der Waals surface area contributed by atoms with E-state index in [9.17, 15) is 4.79 Å². The molecule has 0 spiro atoms. The molecule has 104 valence electrons. The second-order valence-corrected chi connectivity index (χ2v) is 5.64. The molecule has 0 atom stereocenters. The van der Waals surface area contributed by atoms with Crippen LogP contribution >= 0.6 is 23.2 Å². The molecular formula is C13H15Cl2NO3. The van der Waals surface area contributed by atoms with Crippen molar-refractivity contribution in [1.82, 2.24) is 5.32 Å². The number of rotatable bonds is 6. The molecule has 0 aromatic heterocycles. The second-order valence-electron chi connectivity index (χ2n) is 4.80. The molecular weight excluding hydrogens is 289 g/mol. The minimum Gasteiger partial charge on any atom is -0.482 e. The van der Waals surface area contributed by atoms with Crippen LogP contribution in [0.4, 0.5) is 0 Å². The van der Waals surface area contributed by atoms with Crippen molar-refractivity contribution >= 4 is 29.1 Å². The lowest BCUT2D eigenvalue weighted by molar-refractivity contribution is -0.123. The number of hydrogen-bond acceptors (Lipinski definition) is 3. The topological polar surface area (TPSA) is 58.6 Å². The summed E-state index contributed by atoms with van der Waals surface area (Å²) >= 11 is 11.7. The van der Waals surface area contributed by atoms with Gasteiger partial charge in [0.1, 0.15) is 5.75 Å². The molecule has 4 nitrogen and oxygen atoms in total. The summed E-state index contributed by atoms with van der Waals surface area (Å²) in [6.07, 6.45) is 1.90. The van der Waals surface area contributed by atoms with Gasteiger partial charge in [0.2, 0.25) is 0 Å². The molecule has 1 fully saturated rings. The fourth-order valence-corrected chi connectivity index (χ4v) is 1.97. The van der Waals surface area contributed by atoms with Crippen molar-refractivity contribution < 1.29 is 14.6 Å². The first-order chi connectivity index (χ1) is 9.04. The minimum absolute atomic E-state index is 0.105. The summed E-state index contributed by atoms with van der Waals surface area (Å²) in [6.45, 7) is 0.463. The van der Waals surface area contributed by atoms with Gasteiger partial charge in [0.15, 0.2) is 6.61 Å². The fraction of sp³-hybridized carbons (Fsp3) is 0.462. The normalized spacial score (nSPS) is 15.9. The number of amides is 1. The number of ether oxygens (including phenoxy) is 1. The van der Waals surface area contributed by atoms with Crippen LogP contribution in [0.15, 0.2) is 18.2 Å². The van der Waals surface area contributed by atoms with Crippen molar-refractivity contribution in [2.75, 3.05) is 19.8 Å². The third kappa shape index (κ3) is 4.00. The highest BCUT2D eigenvalue weighted by Crippen LogP contribution is 2.44. The average Bonchev–Trinajstić information content (AvgIpc) is 3.18. The molecule has 0 radical (unpaired) electrons. The molecule has 0 heterocycles. The third-order valence-corrected chi connectivity index (χ3v) is 3.75. The van der Waals surface area contributed by atoms with Crippen LogP contribution < -0.4 is 10.1 Å². The van der Waals surface area contributed by atoms with Gasteiger partial charge in [0.25, 0.3) is 5.91 Å². The number of benzene rings is 1. The zero-order valence-corrected chi connectivity index (χ0v) is 11.8. The Morgan fingerprint density at radius 1 is 1.42 bits per heavy atom. The van der Waals surface area contributed by atoms with Crippen molar-refractivity contribution in [3.63, 3.8) is 0 Å². The number of aliphatic hydroxyl groups excluding tert-OH is 1. The van der Waals surface area contributed by atoms with Crippen LogP contribution in [0.5, 0.6) is 5.75 Å². The first-order valence-corrected chi connectivity index (χ1v) is 6.76. The monoisotopic (exact) mass is 303 g/mol. The molecule has 0 saturated heterocycles. The predicted molar refractivity (Wildman–Crippen MR) is 73.7 cm³/mol. The molecule has 1 saturated carbocycles. The van der Waals surface area contributed by atoms with Gasteiger partial charge in [-0.25, -0.2) is 0 Å². The highest BCUT2D eigenvalue weighted by Gasteiger charge is 2.42. The number of carbonyl (C=O) groups excluding carboxylic acids is 1. The van der Waals surface area contributed by atoms with E-state index in [0.29, 0.717) is 22.3 Å². The van der Waals surface area contributed by atoms with Crippen LogP contribution in [0.3, 0.4) is 0 Å². The zero-order valence-electron chi connectivity index (χ0n) is 10.3. The van der Waals surface area contributed by atoms with Gasteiger partial charge in [-0.1, -0.05) is 23.2 Å². The summed E-state index contributed by atoms with van der Waals surface area (Å²) in [4.78, 5) is 11.6. The van der Waals surface area contributed by atoms with Crippen molar-refractivity contribution in [3.8, 4) is 5.75 Å². The number of halogens is 2. The van der Waals surface area contributed by atoms with Gasteiger partial charge in [0, 0.05) is 23.0 Å². The number of nitrogens with one attached hydrogen (secondary N) is 1. The Bertz CT molecular complexity index is 475. The molecule has 6 heteroatoms. The van der Waals surface area contributed by atoms with Crippen molar-refractivity contribution in [1.29, 1.82) is 0 Å². The quantitative estimate of drug-likeness (QED) is 0.847. The van der Waals surface area contributed by atoms with E-state index < -0.39 is 0 Å². The van der Waals surface area contributed by atoms with Crippen LogP contribution in [0.1, 0.15) is 12.8 Å². The van der Waals surface area contributed by atoms with E-state index in [1.54, 1.807) is 18.2 Å². The lowest BCUT2D eigenvalue weighted by atomic mass is 10.1. The predicted octanol–water partition coefficient (Wildman–Crippen LogP) is 2.26. The van der Waals surface area contributed by atoms with E-state index >= 15 is 0 Å². The molecule has 1 aromatic rings. The van der Waals surface area contributed by atoms with Gasteiger partial charge < -0.3 is 15.2 Å². The largest absolute Gasteiger partial charge is 0.482 e. The van der Waals surface area contributed by atoms with Crippen molar-refractivity contribution in [3.05, 3.63) is 28.2 Å². The minimum atomic E-state index is -0.240. The molecule has 1 amide bonds. The first kappa shape index (κ1) is 14.4. The molecule has 19 heavy (non-hydrogen) atoms. The Kier molecular flexibility index (Phi) is 4.55. The van der Waals surface area contributed by atoms with Gasteiger partial charge in [-0.2, -0.15) is 0 Å². The van der Waals surface area contributed by atoms with Gasteiger partial charge >= 0.3 is 0 Å². The highest BCUT2D eigenvalue weighted by molar-refractivity contribution is 6.34. The molecule has 0 bridgehead atoms. The van der Waals surface area contributed by atoms with Gasteiger partial charge in [-0.3, -0.25) is 4.79 Å². The summed E-state index contributed by atoms with van der Waals surface area (Å²) in [6, 6.07) is 4.82. The van der Waals surface area contributed by atoms with Crippen molar-refractivity contribution in [2.45, 2.75) is 12.8 Å². The number of hydrogen-bond donors (Lipinski definition) is 2. The lowest BCUT2D eigenvalue weighted by Gasteiger charge is -2.13. The van der Waals surface area contributed by atoms with Crippen LogP contribution in [-0.4, -0.2) is 30.8 Å². The third-order valence-electron chi connectivity index (χ3n) is 3.21. The molecule has 2 N–H and O–H groups in total. The van der Waals surface area contributed by atoms with E-state index in [1.165, 1.54) is 0 Å². The summed E-state index contributed by atoms with van der Waals surface area (Å²) in [7, 11) is 0. The molecule has 1 aromatic carbocycles. The zero-order chi connectivity index (χ0) is 13.9. The van der Waals surface area contributed by atoms with Gasteiger partial charge in [0.05, 0.1) is 11.6 Å². The van der Waals surface area contributed by atoms with E-state index in [1.807, 2.05) is 0 Å². The first-order valence-electron chi connectivity index (χ1n) is 6.00. The van der Waals surface area contributed by atoms with E-state index in [4.69, 9.17) is 33.0 Å². The molecule has 0 unspecified atom stereocenters. The Labute approximate surface area is 121 Å². The Balaban J connectivity index is 1.78. The Morgan fingerprint density at radius 2 is 2.16 bits per heavy atom. The van der Waals surface area contributed by atoms with Crippen LogP contribution in [0.25, 0.3) is 0 Å². The average molecular weight is 304 g/mol. The van der Waals surface area contributed by atoms with E-state index in [0.717, 1.165) is 12.8 Å². The number of carbonyl (C=O) groups is 1. The maximum absolute atomic E-state index is 11.6. The molecule has 1 aliphatic carbocycles. The van der Waals surface area contributed by atoms with Gasteiger partial charge in [-0.15, -0.1) is 0 Å². The van der Waals surface area contributed by atoms with E-state index in [2.05, 4.69) is 5.32 Å². The standard InChI is InChI=1S/C13H15Cl2NO3/c14-9-1-2-10(15)11(5-9)19-6-12(18)16-7-13(8-17)3-4-13/h1-2,5,17H,3-4,6-8H2,(H,16,18). The van der Waals surface area contributed by atoms with Gasteiger partial charge in [-0.05, 0) is 25.0 Å². The molecule has 2 rings (SSSR count). The maximum atomic E-state index is 11.6. The van der Waals surface area contributed by atoms with Crippen LogP contribution in [0.2, 0.25) is 10.0 Å². The summed E-state index contributed by atoms with van der Waals surface area (Å²) in [5.41, 5.74) is -0.108. The smallest absolute Gasteiger partial charge is 0.257 e. The summed E-state index contributed by atoms with van der Waals surface area (Å²) < 4.78 is 5.31.